The number of rotatable bonds is 6. The second-order valence-corrected chi connectivity index (χ2v) is 5.65. The molecule has 0 saturated heterocycles. The first-order chi connectivity index (χ1) is 11.3. The van der Waals surface area contributed by atoms with E-state index >= 15 is 0 Å². The number of pyridine rings is 1. The Morgan fingerprint density at radius 3 is 2.96 bits per heavy atom. The quantitative estimate of drug-likeness (QED) is 0.511. The number of aromatic nitrogens is 3. The third-order valence-electron chi connectivity index (χ3n) is 3.13. The SMILES string of the molecule is COC(=O)c1ccc(CSc2nccn2Cc2ccccn2)o1. The van der Waals surface area contributed by atoms with Crippen LogP contribution in [0.15, 0.2) is 58.5 Å². The number of imidazole rings is 1. The Labute approximate surface area is 137 Å². The maximum absolute atomic E-state index is 11.4. The average molecular weight is 329 g/mol. The molecule has 3 aromatic heterocycles. The first-order valence-corrected chi connectivity index (χ1v) is 7.95. The number of hydrogen-bond donors (Lipinski definition) is 0. The van der Waals surface area contributed by atoms with E-state index in [0.717, 1.165) is 10.9 Å². The fourth-order valence-electron chi connectivity index (χ4n) is 2.02. The van der Waals surface area contributed by atoms with E-state index in [-0.39, 0.29) is 5.76 Å². The third-order valence-corrected chi connectivity index (χ3v) is 4.15. The highest BCUT2D eigenvalue weighted by Gasteiger charge is 2.12. The Morgan fingerprint density at radius 2 is 2.17 bits per heavy atom. The molecule has 0 unspecified atom stereocenters. The third kappa shape index (κ3) is 3.81. The summed E-state index contributed by atoms with van der Waals surface area (Å²) >= 11 is 1.54. The summed E-state index contributed by atoms with van der Waals surface area (Å²) in [5.41, 5.74) is 0.971. The Morgan fingerprint density at radius 1 is 1.26 bits per heavy atom. The van der Waals surface area contributed by atoms with Crippen LogP contribution in [-0.4, -0.2) is 27.6 Å². The van der Waals surface area contributed by atoms with Gasteiger partial charge in [-0.1, -0.05) is 17.8 Å². The van der Waals surface area contributed by atoms with Crippen LogP contribution in [-0.2, 0) is 17.0 Å². The topological polar surface area (TPSA) is 70.2 Å². The van der Waals surface area contributed by atoms with E-state index in [1.165, 1.54) is 18.9 Å². The smallest absolute Gasteiger partial charge is 0.373 e. The van der Waals surface area contributed by atoms with Crippen molar-refractivity contribution in [1.29, 1.82) is 0 Å². The molecule has 0 aliphatic rings. The van der Waals surface area contributed by atoms with Crippen LogP contribution in [0.1, 0.15) is 22.0 Å². The lowest BCUT2D eigenvalue weighted by Gasteiger charge is -2.06. The zero-order chi connectivity index (χ0) is 16.1. The van der Waals surface area contributed by atoms with E-state index < -0.39 is 5.97 Å². The summed E-state index contributed by atoms with van der Waals surface area (Å²) in [5, 5.41) is 0.867. The Kier molecular flexibility index (Phi) is 4.77. The van der Waals surface area contributed by atoms with Gasteiger partial charge in [-0.25, -0.2) is 9.78 Å². The maximum Gasteiger partial charge on any atom is 0.373 e. The van der Waals surface area contributed by atoms with Crippen molar-refractivity contribution < 1.29 is 13.9 Å². The second-order valence-electron chi connectivity index (χ2n) is 4.71. The van der Waals surface area contributed by atoms with Gasteiger partial charge in [0, 0.05) is 18.6 Å². The number of ether oxygens (including phenoxy) is 1. The van der Waals surface area contributed by atoms with Crippen LogP contribution in [0.25, 0.3) is 0 Å². The Bertz CT molecular complexity index is 783. The Hall–Kier alpha value is -2.54. The highest BCUT2D eigenvalue weighted by atomic mass is 32.2. The van der Waals surface area contributed by atoms with Gasteiger partial charge in [0.25, 0.3) is 0 Å². The fourth-order valence-corrected chi connectivity index (χ4v) is 2.88. The van der Waals surface area contributed by atoms with E-state index in [9.17, 15) is 4.79 Å². The lowest BCUT2D eigenvalue weighted by Crippen LogP contribution is -2.02. The number of thioether (sulfide) groups is 1. The molecule has 3 aromatic rings. The van der Waals surface area contributed by atoms with Crippen LogP contribution >= 0.6 is 11.8 Å². The summed E-state index contributed by atoms with van der Waals surface area (Å²) in [6.07, 6.45) is 5.45. The van der Waals surface area contributed by atoms with Crippen molar-refractivity contribution in [1.82, 2.24) is 14.5 Å². The van der Waals surface area contributed by atoms with E-state index in [1.54, 1.807) is 24.5 Å². The van der Waals surface area contributed by atoms with Crippen molar-refractivity contribution in [2.75, 3.05) is 7.11 Å². The standard InChI is InChI=1S/C16H15N3O3S/c1-21-15(20)14-6-5-13(22-14)11-23-16-18-8-9-19(16)10-12-4-2-3-7-17-12/h2-9H,10-11H2,1H3. The van der Waals surface area contributed by atoms with E-state index in [2.05, 4.69) is 14.7 Å². The zero-order valence-corrected chi connectivity index (χ0v) is 13.3. The first-order valence-electron chi connectivity index (χ1n) is 6.97. The molecule has 0 aliphatic carbocycles. The van der Waals surface area contributed by atoms with Crippen molar-refractivity contribution in [3.63, 3.8) is 0 Å². The van der Waals surface area contributed by atoms with Gasteiger partial charge in [0.05, 0.1) is 25.1 Å². The van der Waals surface area contributed by atoms with Gasteiger partial charge in [-0.15, -0.1) is 0 Å². The van der Waals surface area contributed by atoms with Crippen LogP contribution in [0, 0.1) is 0 Å². The highest BCUT2D eigenvalue weighted by Crippen LogP contribution is 2.23. The number of hydrogen-bond acceptors (Lipinski definition) is 6. The molecule has 0 aromatic carbocycles. The molecule has 0 spiro atoms. The minimum atomic E-state index is -0.474. The Balaban J connectivity index is 1.64. The second kappa shape index (κ2) is 7.15. The molecule has 3 heterocycles. The molecule has 0 atom stereocenters. The zero-order valence-electron chi connectivity index (χ0n) is 12.5. The molecule has 0 saturated carbocycles. The fraction of sp³-hybridized carbons (Fsp3) is 0.188. The van der Waals surface area contributed by atoms with Crippen molar-refractivity contribution in [3.05, 3.63) is 66.1 Å². The number of carbonyl (C=O) groups excluding carboxylic acids is 1. The molecular weight excluding hydrogens is 314 g/mol. The molecule has 3 rings (SSSR count). The molecule has 118 valence electrons. The van der Waals surface area contributed by atoms with Gasteiger partial charge in [-0.05, 0) is 24.3 Å². The van der Waals surface area contributed by atoms with Crippen molar-refractivity contribution in [3.8, 4) is 0 Å². The number of furan rings is 1. The molecular formula is C16H15N3O3S. The van der Waals surface area contributed by atoms with Crippen LogP contribution in [0.2, 0.25) is 0 Å². The summed E-state index contributed by atoms with van der Waals surface area (Å²) in [6, 6.07) is 9.21. The normalized spacial score (nSPS) is 10.7. The largest absolute Gasteiger partial charge is 0.463 e. The van der Waals surface area contributed by atoms with Gasteiger partial charge < -0.3 is 13.7 Å². The van der Waals surface area contributed by atoms with Gasteiger partial charge in [0.1, 0.15) is 5.76 Å². The predicted octanol–water partition coefficient (Wildman–Crippen LogP) is 3.00. The highest BCUT2D eigenvalue weighted by molar-refractivity contribution is 7.98. The van der Waals surface area contributed by atoms with Gasteiger partial charge in [0.2, 0.25) is 5.76 Å². The van der Waals surface area contributed by atoms with Crippen LogP contribution in [0.5, 0.6) is 0 Å². The molecule has 0 amide bonds. The summed E-state index contributed by atoms with van der Waals surface area (Å²) in [7, 11) is 1.33. The van der Waals surface area contributed by atoms with Crippen LogP contribution < -0.4 is 0 Å². The minimum Gasteiger partial charge on any atom is -0.463 e. The van der Waals surface area contributed by atoms with E-state index in [4.69, 9.17) is 4.42 Å². The monoisotopic (exact) mass is 329 g/mol. The maximum atomic E-state index is 11.4. The molecule has 7 heteroatoms. The lowest BCUT2D eigenvalue weighted by molar-refractivity contribution is 0.0563. The molecule has 0 N–H and O–H groups in total. The summed E-state index contributed by atoms with van der Waals surface area (Å²) in [6.45, 7) is 0.661. The predicted molar refractivity (Wildman–Crippen MR) is 85.2 cm³/mol. The van der Waals surface area contributed by atoms with Gasteiger partial charge in [-0.2, -0.15) is 0 Å². The molecule has 6 nitrogen and oxygen atoms in total. The van der Waals surface area contributed by atoms with E-state index in [1.807, 2.05) is 29.0 Å². The average Bonchev–Trinajstić information content (AvgIpc) is 3.22. The van der Waals surface area contributed by atoms with Gasteiger partial charge >= 0.3 is 5.97 Å². The lowest BCUT2D eigenvalue weighted by atomic mass is 10.3. The van der Waals surface area contributed by atoms with Gasteiger partial charge in [-0.3, -0.25) is 4.98 Å². The number of methoxy groups -OCH3 is 1. The molecule has 0 bridgehead atoms. The molecule has 0 fully saturated rings. The van der Waals surface area contributed by atoms with Crippen molar-refractivity contribution in [2.24, 2.45) is 0 Å². The summed E-state index contributed by atoms with van der Waals surface area (Å²) in [5.74, 6) is 1.01. The number of carbonyl (C=O) groups is 1. The minimum absolute atomic E-state index is 0.208. The number of nitrogens with zero attached hydrogens (tertiary/aromatic N) is 3. The molecule has 0 radical (unpaired) electrons. The first kappa shape index (κ1) is 15.4. The van der Waals surface area contributed by atoms with E-state index in [0.29, 0.717) is 18.1 Å². The van der Waals surface area contributed by atoms with Crippen molar-refractivity contribution >= 4 is 17.7 Å². The van der Waals surface area contributed by atoms with Crippen molar-refractivity contribution in [2.45, 2.75) is 17.5 Å². The van der Waals surface area contributed by atoms with Gasteiger partial charge in [0.15, 0.2) is 5.16 Å². The number of esters is 1. The van der Waals surface area contributed by atoms with Crippen LogP contribution in [0.3, 0.4) is 0 Å². The summed E-state index contributed by atoms with van der Waals surface area (Å²) < 4.78 is 12.1. The molecule has 0 aliphatic heterocycles. The molecule has 23 heavy (non-hydrogen) atoms. The summed E-state index contributed by atoms with van der Waals surface area (Å²) in [4.78, 5) is 20.0. The van der Waals surface area contributed by atoms with Crippen LogP contribution in [0.4, 0.5) is 0 Å².